The second-order valence-electron chi connectivity index (χ2n) is 3.30. The summed E-state index contributed by atoms with van der Waals surface area (Å²) in [5.41, 5.74) is -0.609. The Kier molecular flexibility index (Phi) is 3.67. The van der Waals surface area contributed by atoms with E-state index in [-0.39, 0.29) is 17.8 Å². The van der Waals surface area contributed by atoms with Crippen LogP contribution < -0.4 is 4.90 Å². The number of nitro benzene ring substituents is 1. The minimum absolute atomic E-state index is 0.157. The zero-order valence-corrected chi connectivity index (χ0v) is 9.08. The lowest BCUT2D eigenvalue weighted by atomic mass is 10.1. The summed E-state index contributed by atoms with van der Waals surface area (Å²) in [6.07, 6.45) is 5.11. The monoisotopic (exact) mass is 234 g/mol. The van der Waals surface area contributed by atoms with Gasteiger partial charge in [-0.15, -0.1) is 6.42 Å². The number of aromatic carboxylic acids is 1. The Morgan fingerprint density at radius 1 is 1.65 bits per heavy atom. The van der Waals surface area contributed by atoms with Gasteiger partial charge in [-0.3, -0.25) is 10.1 Å². The number of benzene rings is 1. The van der Waals surface area contributed by atoms with E-state index in [9.17, 15) is 14.9 Å². The van der Waals surface area contributed by atoms with Crippen molar-refractivity contribution in [2.45, 2.75) is 0 Å². The summed E-state index contributed by atoms with van der Waals surface area (Å²) >= 11 is 0. The van der Waals surface area contributed by atoms with E-state index in [4.69, 9.17) is 11.5 Å². The number of terminal acetylenes is 1. The molecular formula is C11H10N2O4. The maximum absolute atomic E-state index is 10.9. The van der Waals surface area contributed by atoms with Gasteiger partial charge in [0.1, 0.15) is 11.3 Å². The average Bonchev–Trinajstić information content (AvgIpc) is 2.28. The molecule has 1 N–H and O–H groups in total. The third-order valence-corrected chi connectivity index (χ3v) is 2.17. The van der Waals surface area contributed by atoms with Crippen LogP contribution >= 0.6 is 0 Å². The highest BCUT2D eigenvalue weighted by Gasteiger charge is 2.25. The topological polar surface area (TPSA) is 83.7 Å². The molecule has 0 aliphatic heterocycles. The molecule has 0 heterocycles. The lowest BCUT2D eigenvalue weighted by Crippen LogP contribution is -2.19. The Morgan fingerprint density at radius 2 is 2.29 bits per heavy atom. The quantitative estimate of drug-likeness (QED) is 0.483. The fraction of sp³-hybridized carbons (Fsp3) is 0.182. The van der Waals surface area contributed by atoms with Crippen LogP contribution in [0.25, 0.3) is 0 Å². The van der Waals surface area contributed by atoms with Crippen molar-refractivity contribution in [3.63, 3.8) is 0 Å². The second kappa shape index (κ2) is 4.99. The number of hydrogen-bond acceptors (Lipinski definition) is 4. The van der Waals surface area contributed by atoms with Crippen LogP contribution in [0.15, 0.2) is 18.2 Å². The number of nitrogens with zero attached hydrogens (tertiary/aromatic N) is 2. The Hall–Kier alpha value is -2.55. The van der Waals surface area contributed by atoms with Crippen LogP contribution in [0.3, 0.4) is 0 Å². The Balaban J connectivity index is 3.41. The molecule has 1 aromatic carbocycles. The predicted octanol–water partition coefficient (Wildman–Crippen LogP) is 1.36. The number of anilines is 1. The molecule has 0 aliphatic carbocycles. The molecule has 0 aromatic heterocycles. The summed E-state index contributed by atoms with van der Waals surface area (Å²) in [5.74, 6) is 0.997. The van der Waals surface area contributed by atoms with Gasteiger partial charge in [-0.1, -0.05) is 12.0 Å². The van der Waals surface area contributed by atoms with Crippen LogP contribution in [0.4, 0.5) is 11.4 Å². The number of para-hydroxylation sites is 1. The molecule has 1 rings (SSSR count). The van der Waals surface area contributed by atoms with Gasteiger partial charge in [-0.05, 0) is 12.1 Å². The van der Waals surface area contributed by atoms with E-state index in [0.717, 1.165) is 0 Å². The predicted molar refractivity (Wildman–Crippen MR) is 62.2 cm³/mol. The van der Waals surface area contributed by atoms with E-state index in [0.29, 0.717) is 0 Å². The van der Waals surface area contributed by atoms with Crippen molar-refractivity contribution >= 4 is 17.3 Å². The van der Waals surface area contributed by atoms with E-state index in [2.05, 4.69) is 5.92 Å². The molecule has 88 valence electrons. The maximum atomic E-state index is 10.9. The van der Waals surface area contributed by atoms with Gasteiger partial charge in [0.05, 0.1) is 11.5 Å². The Bertz CT molecular complexity index is 505. The van der Waals surface area contributed by atoms with Crippen LogP contribution in [0.1, 0.15) is 10.4 Å². The molecule has 0 radical (unpaired) electrons. The summed E-state index contributed by atoms with van der Waals surface area (Å²) in [6.45, 7) is 0.157. The zero-order chi connectivity index (χ0) is 13.0. The van der Waals surface area contributed by atoms with Crippen molar-refractivity contribution in [1.29, 1.82) is 0 Å². The van der Waals surface area contributed by atoms with E-state index < -0.39 is 16.6 Å². The van der Waals surface area contributed by atoms with Gasteiger partial charge in [0.25, 0.3) is 0 Å². The third-order valence-electron chi connectivity index (χ3n) is 2.17. The highest BCUT2D eigenvalue weighted by molar-refractivity contribution is 5.95. The largest absolute Gasteiger partial charge is 0.477 e. The van der Waals surface area contributed by atoms with Gasteiger partial charge in [0.15, 0.2) is 0 Å². The summed E-state index contributed by atoms with van der Waals surface area (Å²) < 4.78 is 0. The molecule has 0 saturated carbocycles. The first-order valence-corrected chi connectivity index (χ1v) is 4.64. The number of carboxylic acid groups (broad SMARTS) is 1. The average molecular weight is 234 g/mol. The molecule has 0 spiro atoms. The van der Waals surface area contributed by atoms with E-state index >= 15 is 0 Å². The second-order valence-corrected chi connectivity index (χ2v) is 3.30. The van der Waals surface area contributed by atoms with Crippen molar-refractivity contribution in [2.24, 2.45) is 0 Å². The van der Waals surface area contributed by atoms with E-state index in [1.165, 1.54) is 23.1 Å². The molecule has 0 amide bonds. The maximum Gasteiger partial charge on any atom is 0.342 e. The standard InChI is InChI=1S/C11H10N2O4/c1-3-7-12(2)9-6-4-5-8(11(14)15)10(9)13(16)17/h1,4-6H,7H2,2H3,(H,14,15). The van der Waals surface area contributed by atoms with E-state index in [1.807, 2.05) is 0 Å². The van der Waals surface area contributed by atoms with Gasteiger partial charge in [0.2, 0.25) is 0 Å². The minimum Gasteiger partial charge on any atom is -0.477 e. The molecule has 0 atom stereocenters. The molecule has 17 heavy (non-hydrogen) atoms. The van der Waals surface area contributed by atoms with Crippen LogP contribution in [-0.2, 0) is 0 Å². The lowest BCUT2D eigenvalue weighted by Gasteiger charge is -2.16. The van der Waals surface area contributed by atoms with Gasteiger partial charge in [0, 0.05) is 7.05 Å². The van der Waals surface area contributed by atoms with Gasteiger partial charge in [-0.2, -0.15) is 0 Å². The number of carboxylic acids is 1. The third kappa shape index (κ3) is 2.52. The van der Waals surface area contributed by atoms with Crippen molar-refractivity contribution in [3.8, 4) is 12.3 Å². The van der Waals surface area contributed by atoms with Crippen LogP contribution in [-0.4, -0.2) is 29.6 Å². The Morgan fingerprint density at radius 3 is 2.76 bits per heavy atom. The summed E-state index contributed by atoms with van der Waals surface area (Å²) in [7, 11) is 1.56. The molecule has 6 nitrogen and oxygen atoms in total. The highest BCUT2D eigenvalue weighted by atomic mass is 16.6. The van der Waals surface area contributed by atoms with Crippen LogP contribution in [0, 0.1) is 22.5 Å². The van der Waals surface area contributed by atoms with Crippen molar-refractivity contribution in [1.82, 2.24) is 0 Å². The van der Waals surface area contributed by atoms with Crippen molar-refractivity contribution in [3.05, 3.63) is 33.9 Å². The zero-order valence-electron chi connectivity index (χ0n) is 9.08. The minimum atomic E-state index is -1.34. The molecule has 0 bridgehead atoms. The smallest absolute Gasteiger partial charge is 0.342 e. The highest BCUT2D eigenvalue weighted by Crippen LogP contribution is 2.30. The first-order chi connectivity index (χ1) is 7.99. The fourth-order valence-corrected chi connectivity index (χ4v) is 1.43. The molecule has 0 saturated heterocycles. The number of nitro groups is 1. The fourth-order valence-electron chi connectivity index (χ4n) is 1.43. The summed E-state index contributed by atoms with van der Waals surface area (Å²) in [4.78, 5) is 22.5. The van der Waals surface area contributed by atoms with E-state index in [1.54, 1.807) is 7.05 Å². The van der Waals surface area contributed by atoms with Gasteiger partial charge >= 0.3 is 11.7 Å². The number of hydrogen-bond donors (Lipinski definition) is 1. The first kappa shape index (κ1) is 12.5. The normalized spacial score (nSPS) is 9.41. The van der Waals surface area contributed by atoms with Crippen molar-refractivity contribution < 1.29 is 14.8 Å². The first-order valence-electron chi connectivity index (χ1n) is 4.64. The molecule has 0 unspecified atom stereocenters. The lowest BCUT2D eigenvalue weighted by molar-refractivity contribution is -0.384. The van der Waals surface area contributed by atoms with Crippen LogP contribution in [0.5, 0.6) is 0 Å². The number of rotatable bonds is 4. The van der Waals surface area contributed by atoms with Gasteiger partial charge in [-0.25, -0.2) is 4.79 Å². The molecular weight excluding hydrogens is 224 g/mol. The summed E-state index contributed by atoms with van der Waals surface area (Å²) in [6, 6.07) is 4.09. The van der Waals surface area contributed by atoms with Gasteiger partial charge < -0.3 is 10.0 Å². The Labute approximate surface area is 97.6 Å². The molecule has 0 fully saturated rings. The number of carbonyl (C=O) groups is 1. The molecule has 0 aliphatic rings. The van der Waals surface area contributed by atoms with Crippen molar-refractivity contribution in [2.75, 3.05) is 18.5 Å². The SMILES string of the molecule is C#CCN(C)c1cccc(C(=O)O)c1[N+](=O)[O-]. The molecule has 1 aromatic rings. The van der Waals surface area contributed by atoms with Crippen LogP contribution in [0.2, 0.25) is 0 Å². The molecule has 6 heteroatoms. The summed E-state index contributed by atoms with van der Waals surface area (Å²) in [5, 5.41) is 19.8.